The van der Waals surface area contributed by atoms with Crippen molar-refractivity contribution in [3.8, 4) is 11.5 Å². The summed E-state index contributed by atoms with van der Waals surface area (Å²) in [5.41, 5.74) is 1.59. The molecular weight excluding hydrogens is 454 g/mol. The van der Waals surface area contributed by atoms with Crippen molar-refractivity contribution in [2.75, 3.05) is 27.3 Å². The van der Waals surface area contributed by atoms with E-state index in [-0.39, 0.29) is 23.9 Å². The number of nitrogens with one attached hydrogen (secondary N) is 1. The van der Waals surface area contributed by atoms with Crippen LogP contribution in [-0.4, -0.2) is 50.9 Å². The Hall–Kier alpha value is -3.43. The SMILES string of the molecule is COc1ccc(OC)c(C2CN(S(=O)(=O)c3ccccc3)CC2C(=O)NCc2cccnc2)c1. The van der Waals surface area contributed by atoms with Crippen LogP contribution in [0.15, 0.2) is 78.0 Å². The second-order valence-corrected chi connectivity index (χ2v) is 9.97. The van der Waals surface area contributed by atoms with Gasteiger partial charge in [0.1, 0.15) is 11.5 Å². The highest BCUT2D eigenvalue weighted by Crippen LogP contribution is 2.41. The Morgan fingerprint density at radius 2 is 1.85 bits per heavy atom. The number of nitrogens with zero attached hydrogens (tertiary/aromatic N) is 2. The molecule has 1 N–H and O–H groups in total. The van der Waals surface area contributed by atoms with Crippen molar-refractivity contribution in [2.24, 2.45) is 5.92 Å². The lowest BCUT2D eigenvalue weighted by Crippen LogP contribution is -2.35. The number of methoxy groups -OCH3 is 2. The molecule has 1 fully saturated rings. The van der Waals surface area contributed by atoms with E-state index < -0.39 is 21.9 Å². The number of hydrogen-bond acceptors (Lipinski definition) is 6. The maximum atomic E-state index is 13.4. The van der Waals surface area contributed by atoms with Gasteiger partial charge in [-0.05, 0) is 42.0 Å². The molecule has 1 aliphatic rings. The van der Waals surface area contributed by atoms with E-state index >= 15 is 0 Å². The number of aromatic nitrogens is 1. The molecule has 0 saturated carbocycles. The summed E-state index contributed by atoms with van der Waals surface area (Å²) < 4.78 is 39.0. The molecule has 9 heteroatoms. The number of amides is 1. The molecule has 0 spiro atoms. The molecule has 2 aromatic carbocycles. The molecule has 1 aromatic heterocycles. The zero-order valence-electron chi connectivity index (χ0n) is 19.0. The van der Waals surface area contributed by atoms with Gasteiger partial charge < -0.3 is 14.8 Å². The molecule has 34 heavy (non-hydrogen) atoms. The Morgan fingerprint density at radius 1 is 1.06 bits per heavy atom. The van der Waals surface area contributed by atoms with Gasteiger partial charge in [0.05, 0.1) is 25.0 Å². The monoisotopic (exact) mass is 481 g/mol. The van der Waals surface area contributed by atoms with Crippen molar-refractivity contribution in [1.29, 1.82) is 0 Å². The molecule has 2 heterocycles. The minimum atomic E-state index is -3.78. The van der Waals surface area contributed by atoms with E-state index in [1.807, 2.05) is 12.1 Å². The van der Waals surface area contributed by atoms with Crippen LogP contribution < -0.4 is 14.8 Å². The highest BCUT2D eigenvalue weighted by atomic mass is 32.2. The predicted octanol–water partition coefficient (Wildman–Crippen LogP) is 2.82. The third kappa shape index (κ3) is 4.90. The minimum absolute atomic E-state index is 0.0567. The molecule has 178 valence electrons. The Balaban J connectivity index is 1.67. The molecule has 2 unspecified atom stereocenters. The lowest BCUT2D eigenvalue weighted by Gasteiger charge is -2.21. The fraction of sp³-hybridized carbons (Fsp3) is 0.280. The Kier molecular flexibility index (Phi) is 7.14. The summed E-state index contributed by atoms with van der Waals surface area (Å²) in [5.74, 6) is -0.0809. The largest absolute Gasteiger partial charge is 0.497 e. The van der Waals surface area contributed by atoms with Crippen molar-refractivity contribution in [2.45, 2.75) is 17.4 Å². The van der Waals surface area contributed by atoms with Crippen LogP contribution in [0.1, 0.15) is 17.0 Å². The lowest BCUT2D eigenvalue weighted by atomic mass is 9.87. The van der Waals surface area contributed by atoms with Gasteiger partial charge in [0.2, 0.25) is 15.9 Å². The zero-order chi connectivity index (χ0) is 24.1. The van der Waals surface area contributed by atoms with Crippen LogP contribution in [0.4, 0.5) is 0 Å². The normalized spacial score (nSPS) is 18.4. The van der Waals surface area contributed by atoms with Crippen LogP contribution in [-0.2, 0) is 21.4 Å². The topological polar surface area (TPSA) is 97.8 Å². The van der Waals surface area contributed by atoms with Crippen LogP contribution in [0.3, 0.4) is 0 Å². The summed E-state index contributed by atoms with van der Waals surface area (Å²) in [4.78, 5) is 17.6. The van der Waals surface area contributed by atoms with Gasteiger partial charge in [0.15, 0.2) is 0 Å². The summed E-state index contributed by atoms with van der Waals surface area (Å²) in [6.45, 7) is 0.503. The Bertz CT molecular complexity index is 1240. The van der Waals surface area contributed by atoms with Gasteiger partial charge in [0, 0.05) is 43.5 Å². The predicted molar refractivity (Wildman–Crippen MR) is 127 cm³/mol. The van der Waals surface area contributed by atoms with Crippen molar-refractivity contribution in [3.05, 3.63) is 84.2 Å². The van der Waals surface area contributed by atoms with Gasteiger partial charge >= 0.3 is 0 Å². The van der Waals surface area contributed by atoms with Gasteiger partial charge in [-0.3, -0.25) is 9.78 Å². The van der Waals surface area contributed by atoms with Crippen molar-refractivity contribution >= 4 is 15.9 Å². The summed E-state index contributed by atoms with van der Waals surface area (Å²) >= 11 is 0. The maximum Gasteiger partial charge on any atom is 0.243 e. The first-order valence-electron chi connectivity index (χ1n) is 10.9. The van der Waals surface area contributed by atoms with Crippen LogP contribution in [0.2, 0.25) is 0 Å². The standard InChI is InChI=1S/C25H27N3O5S/c1-32-19-10-11-24(33-2)21(13-19)22-16-28(34(30,31)20-8-4-3-5-9-20)17-23(22)25(29)27-15-18-7-6-12-26-14-18/h3-14,22-23H,15-17H2,1-2H3,(H,27,29). The number of ether oxygens (including phenoxy) is 2. The molecule has 1 amide bonds. The fourth-order valence-electron chi connectivity index (χ4n) is 4.24. The summed E-state index contributed by atoms with van der Waals surface area (Å²) in [6.07, 6.45) is 3.35. The molecule has 8 nitrogen and oxygen atoms in total. The first-order valence-corrected chi connectivity index (χ1v) is 12.3. The average molecular weight is 482 g/mol. The molecule has 1 saturated heterocycles. The van der Waals surface area contributed by atoms with E-state index in [4.69, 9.17) is 9.47 Å². The maximum absolute atomic E-state index is 13.4. The van der Waals surface area contributed by atoms with Crippen LogP contribution in [0.25, 0.3) is 0 Å². The van der Waals surface area contributed by atoms with E-state index in [0.29, 0.717) is 18.0 Å². The Morgan fingerprint density at radius 3 is 2.53 bits per heavy atom. The zero-order valence-corrected chi connectivity index (χ0v) is 19.9. The molecule has 0 aliphatic carbocycles. The summed E-state index contributed by atoms with van der Waals surface area (Å²) in [5, 5.41) is 2.95. The number of benzene rings is 2. The van der Waals surface area contributed by atoms with Gasteiger partial charge in [-0.25, -0.2) is 8.42 Å². The first kappa shape index (κ1) is 23.7. The van der Waals surface area contributed by atoms with E-state index in [1.54, 1.807) is 75.1 Å². The number of carbonyl (C=O) groups excluding carboxylic acids is 1. The number of sulfonamides is 1. The number of pyridine rings is 1. The molecule has 1 aliphatic heterocycles. The second kappa shape index (κ2) is 10.2. The van der Waals surface area contributed by atoms with Crippen molar-refractivity contribution < 1.29 is 22.7 Å². The van der Waals surface area contributed by atoms with E-state index in [9.17, 15) is 13.2 Å². The van der Waals surface area contributed by atoms with E-state index in [1.165, 1.54) is 4.31 Å². The second-order valence-electron chi connectivity index (χ2n) is 8.04. The number of rotatable bonds is 8. The molecule has 0 radical (unpaired) electrons. The quantitative estimate of drug-likeness (QED) is 0.531. The molecule has 4 rings (SSSR count). The van der Waals surface area contributed by atoms with E-state index in [2.05, 4.69) is 10.3 Å². The van der Waals surface area contributed by atoms with Crippen LogP contribution in [0, 0.1) is 5.92 Å². The van der Waals surface area contributed by atoms with Gasteiger partial charge in [-0.1, -0.05) is 24.3 Å². The third-order valence-corrected chi connectivity index (χ3v) is 7.88. The molecule has 2 atom stereocenters. The lowest BCUT2D eigenvalue weighted by molar-refractivity contribution is -0.125. The minimum Gasteiger partial charge on any atom is -0.497 e. The number of carbonyl (C=O) groups is 1. The summed E-state index contributed by atoms with van der Waals surface area (Å²) in [6, 6.07) is 17.3. The smallest absolute Gasteiger partial charge is 0.243 e. The molecule has 0 bridgehead atoms. The van der Waals surface area contributed by atoms with E-state index in [0.717, 1.165) is 11.1 Å². The van der Waals surface area contributed by atoms with Gasteiger partial charge in [-0.2, -0.15) is 4.31 Å². The van der Waals surface area contributed by atoms with Gasteiger partial charge in [0.25, 0.3) is 0 Å². The first-order chi connectivity index (χ1) is 16.4. The summed E-state index contributed by atoms with van der Waals surface area (Å²) in [7, 11) is -0.665. The van der Waals surface area contributed by atoms with Crippen LogP contribution in [0.5, 0.6) is 11.5 Å². The molecule has 3 aromatic rings. The third-order valence-electron chi connectivity index (χ3n) is 6.03. The highest BCUT2D eigenvalue weighted by molar-refractivity contribution is 7.89. The molecular formula is C25H27N3O5S. The van der Waals surface area contributed by atoms with Gasteiger partial charge in [-0.15, -0.1) is 0 Å². The average Bonchev–Trinajstić information content (AvgIpc) is 3.34. The van der Waals surface area contributed by atoms with Crippen molar-refractivity contribution in [3.63, 3.8) is 0 Å². The highest BCUT2D eigenvalue weighted by Gasteiger charge is 2.44. The number of hydrogen-bond donors (Lipinski definition) is 1. The van der Waals surface area contributed by atoms with Crippen molar-refractivity contribution in [1.82, 2.24) is 14.6 Å². The fourth-order valence-corrected chi connectivity index (χ4v) is 5.75. The Labute approximate surface area is 199 Å². The van der Waals surface area contributed by atoms with Crippen LogP contribution >= 0.6 is 0 Å².